The smallest absolute Gasteiger partial charge is 0.315 e. The van der Waals surface area contributed by atoms with E-state index in [1.807, 2.05) is 6.92 Å². The van der Waals surface area contributed by atoms with Crippen LogP contribution in [-0.4, -0.2) is 28.7 Å². The number of carbonyl (C=O) groups is 2. The lowest BCUT2D eigenvalue weighted by atomic mass is 9.93. The van der Waals surface area contributed by atoms with Gasteiger partial charge in [-0.15, -0.1) is 0 Å². The van der Waals surface area contributed by atoms with E-state index in [9.17, 15) is 9.59 Å². The molecule has 0 bridgehead atoms. The molecule has 0 aromatic rings. The van der Waals surface area contributed by atoms with E-state index in [0.717, 1.165) is 38.5 Å². The van der Waals surface area contributed by atoms with Gasteiger partial charge in [0.25, 0.3) is 0 Å². The summed E-state index contributed by atoms with van der Waals surface area (Å²) in [5.41, 5.74) is -0.544. The highest BCUT2D eigenvalue weighted by atomic mass is 16.4. The lowest BCUT2D eigenvalue weighted by Crippen LogP contribution is -2.53. The molecule has 0 aromatic carbocycles. The van der Waals surface area contributed by atoms with Gasteiger partial charge in [-0.3, -0.25) is 4.79 Å². The van der Waals surface area contributed by atoms with Crippen molar-refractivity contribution in [3.05, 3.63) is 0 Å². The Labute approximate surface area is 127 Å². The van der Waals surface area contributed by atoms with Crippen LogP contribution in [0.15, 0.2) is 0 Å². The first kappa shape index (κ1) is 17.8. The Hall–Kier alpha value is -1.26. The maximum atomic E-state index is 12.1. The van der Waals surface area contributed by atoms with Gasteiger partial charge in [0.05, 0.1) is 12.0 Å². The molecule has 0 spiro atoms. The summed E-state index contributed by atoms with van der Waals surface area (Å²) in [5.74, 6) is -0.843. The number of carboxylic acids is 1. The van der Waals surface area contributed by atoms with Crippen molar-refractivity contribution in [2.75, 3.05) is 0 Å². The number of nitrogens with one attached hydrogen (secondary N) is 2. The van der Waals surface area contributed by atoms with Crippen LogP contribution >= 0.6 is 0 Å². The largest absolute Gasteiger partial charge is 0.481 e. The van der Waals surface area contributed by atoms with E-state index >= 15 is 0 Å². The normalized spacial score (nSPS) is 18.2. The van der Waals surface area contributed by atoms with E-state index in [1.54, 1.807) is 0 Å². The van der Waals surface area contributed by atoms with Crippen LogP contribution in [0.3, 0.4) is 0 Å². The minimum Gasteiger partial charge on any atom is -0.481 e. The second-order valence-corrected chi connectivity index (χ2v) is 6.41. The molecule has 5 heteroatoms. The summed E-state index contributed by atoms with van der Waals surface area (Å²) in [6.45, 7) is 4.18. The van der Waals surface area contributed by atoms with E-state index < -0.39 is 11.5 Å². The highest BCUT2D eigenvalue weighted by Gasteiger charge is 2.37. The molecule has 0 aliphatic heterocycles. The van der Waals surface area contributed by atoms with E-state index in [0.29, 0.717) is 0 Å². The van der Waals surface area contributed by atoms with E-state index in [2.05, 4.69) is 17.6 Å². The number of urea groups is 1. The van der Waals surface area contributed by atoms with Crippen molar-refractivity contribution in [2.24, 2.45) is 0 Å². The minimum atomic E-state index is -0.843. The summed E-state index contributed by atoms with van der Waals surface area (Å²) >= 11 is 0. The number of aliphatic carboxylic acids is 1. The topological polar surface area (TPSA) is 78.4 Å². The van der Waals surface area contributed by atoms with Crippen molar-refractivity contribution >= 4 is 12.0 Å². The maximum absolute atomic E-state index is 12.1. The predicted octanol–water partition coefficient (Wildman–Crippen LogP) is 3.43. The highest BCUT2D eigenvalue weighted by molar-refractivity contribution is 5.77. The quantitative estimate of drug-likeness (QED) is 0.571. The van der Waals surface area contributed by atoms with Crippen LogP contribution in [0.1, 0.15) is 78.1 Å². The minimum absolute atomic E-state index is 0.0191. The number of carboxylic acid groups (broad SMARTS) is 1. The van der Waals surface area contributed by atoms with Crippen LogP contribution in [-0.2, 0) is 4.79 Å². The third kappa shape index (κ3) is 6.82. The third-order valence-electron chi connectivity index (χ3n) is 4.30. The molecule has 1 rings (SSSR count). The zero-order valence-corrected chi connectivity index (χ0v) is 13.4. The highest BCUT2D eigenvalue weighted by Crippen LogP contribution is 2.32. The molecule has 0 heterocycles. The first-order valence-corrected chi connectivity index (χ1v) is 8.28. The van der Waals surface area contributed by atoms with Crippen molar-refractivity contribution in [2.45, 2.75) is 89.6 Å². The summed E-state index contributed by atoms with van der Waals surface area (Å²) < 4.78 is 0. The number of unbranched alkanes of at least 4 members (excludes halogenated alkanes) is 3. The SMILES string of the molecule is CCCCCCC(C)NC(=O)NC1(CC(=O)O)CCCC1. The lowest BCUT2D eigenvalue weighted by Gasteiger charge is -2.29. The van der Waals surface area contributed by atoms with E-state index in [-0.39, 0.29) is 18.5 Å². The predicted molar refractivity (Wildman–Crippen MR) is 83.3 cm³/mol. The molecule has 1 aliphatic carbocycles. The molecule has 0 radical (unpaired) electrons. The summed E-state index contributed by atoms with van der Waals surface area (Å²) in [4.78, 5) is 23.1. The Morgan fingerprint density at radius 2 is 1.86 bits per heavy atom. The lowest BCUT2D eigenvalue weighted by molar-refractivity contribution is -0.138. The van der Waals surface area contributed by atoms with Crippen molar-refractivity contribution in [1.82, 2.24) is 10.6 Å². The monoisotopic (exact) mass is 298 g/mol. The maximum Gasteiger partial charge on any atom is 0.315 e. The van der Waals surface area contributed by atoms with Gasteiger partial charge in [-0.05, 0) is 26.2 Å². The summed E-state index contributed by atoms with van der Waals surface area (Å²) in [7, 11) is 0. The second-order valence-electron chi connectivity index (χ2n) is 6.41. The van der Waals surface area contributed by atoms with Crippen LogP contribution in [0.5, 0.6) is 0 Å². The van der Waals surface area contributed by atoms with Crippen LogP contribution in [0.4, 0.5) is 4.79 Å². The first-order chi connectivity index (χ1) is 9.97. The molecule has 21 heavy (non-hydrogen) atoms. The van der Waals surface area contributed by atoms with E-state index in [1.165, 1.54) is 19.3 Å². The van der Waals surface area contributed by atoms with Gasteiger partial charge in [0.1, 0.15) is 0 Å². The Morgan fingerprint density at radius 1 is 1.19 bits per heavy atom. The first-order valence-electron chi connectivity index (χ1n) is 8.28. The van der Waals surface area contributed by atoms with Gasteiger partial charge in [0.15, 0.2) is 0 Å². The van der Waals surface area contributed by atoms with Gasteiger partial charge in [-0.1, -0.05) is 45.4 Å². The Bertz CT molecular complexity index is 338. The van der Waals surface area contributed by atoms with Crippen molar-refractivity contribution in [3.63, 3.8) is 0 Å². The fraction of sp³-hybridized carbons (Fsp3) is 0.875. The molecular weight excluding hydrogens is 268 g/mol. The van der Waals surface area contributed by atoms with Gasteiger partial charge < -0.3 is 15.7 Å². The number of rotatable bonds is 9. The van der Waals surface area contributed by atoms with E-state index in [4.69, 9.17) is 5.11 Å². The van der Waals surface area contributed by atoms with Crippen LogP contribution < -0.4 is 10.6 Å². The molecule has 1 unspecified atom stereocenters. The molecule has 5 nitrogen and oxygen atoms in total. The molecule has 1 saturated carbocycles. The van der Waals surface area contributed by atoms with Gasteiger partial charge in [-0.2, -0.15) is 0 Å². The zero-order chi connectivity index (χ0) is 15.7. The third-order valence-corrected chi connectivity index (χ3v) is 4.30. The Kier molecular flexibility index (Phi) is 7.54. The molecule has 0 saturated heterocycles. The fourth-order valence-electron chi connectivity index (χ4n) is 3.14. The molecule has 1 atom stereocenters. The van der Waals surface area contributed by atoms with Gasteiger partial charge in [0, 0.05) is 6.04 Å². The average molecular weight is 298 g/mol. The fourth-order valence-corrected chi connectivity index (χ4v) is 3.14. The molecule has 122 valence electrons. The Balaban J connectivity index is 2.35. The Morgan fingerprint density at radius 3 is 2.43 bits per heavy atom. The number of carbonyl (C=O) groups excluding carboxylic acids is 1. The average Bonchev–Trinajstić information content (AvgIpc) is 2.81. The molecule has 3 N–H and O–H groups in total. The molecule has 1 fully saturated rings. The second kappa shape index (κ2) is 8.90. The zero-order valence-electron chi connectivity index (χ0n) is 13.4. The van der Waals surface area contributed by atoms with Crippen molar-refractivity contribution < 1.29 is 14.7 Å². The molecule has 0 aromatic heterocycles. The summed E-state index contributed by atoms with van der Waals surface area (Å²) in [6.07, 6.45) is 9.25. The summed E-state index contributed by atoms with van der Waals surface area (Å²) in [5, 5.41) is 14.9. The molecular formula is C16H30N2O3. The standard InChI is InChI=1S/C16H30N2O3/c1-3-4-5-6-9-13(2)17-15(21)18-16(12-14(19)20)10-7-8-11-16/h13H,3-12H2,1-2H3,(H,19,20)(H2,17,18,21). The molecule has 1 aliphatic rings. The van der Waals surface area contributed by atoms with Gasteiger partial charge in [0.2, 0.25) is 0 Å². The molecule has 2 amide bonds. The van der Waals surface area contributed by atoms with Gasteiger partial charge in [-0.25, -0.2) is 4.79 Å². The summed E-state index contributed by atoms with van der Waals surface area (Å²) in [6, 6.07) is -0.0914. The van der Waals surface area contributed by atoms with Crippen LogP contribution in [0.2, 0.25) is 0 Å². The van der Waals surface area contributed by atoms with Crippen LogP contribution in [0.25, 0.3) is 0 Å². The number of hydrogen-bond donors (Lipinski definition) is 3. The van der Waals surface area contributed by atoms with Crippen molar-refractivity contribution in [3.8, 4) is 0 Å². The van der Waals surface area contributed by atoms with Crippen molar-refractivity contribution in [1.29, 1.82) is 0 Å². The van der Waals surface area contributed by atoms with Crippen LogP contribution in [0, 0.1) is 0 Å². The van der Waals surface area contributed by atoms with Gasteiger partial charge >= 0.3 is 12.0 Å². The number of hydrogen-bond acceptors (Lipinski definition) is 2. The number of amides is 2.